The quantitative estimate of drug-likeness (QED) is 0.876. The van der Waals surface area contributed by atoms with E-state index in [2.05, 4.69) is 15.9 Å². The highest BCUT2D eigenvalue weighted by atomic mass is 79.9. The van der Waals surface area contributed by atoms with Crippen molar-refractivity contribution in [3.8, 4) is 0 Å². The fourth-order valence-corrected chi connectivity index (χ4v) is 1.89. The number of alkyl halides is 2. The molecule has 1 aromatic carbocycles. The molecule has 0 saturated heterocycles. The second kappa shape index (κ2) is 3.90. The molecule has 1 nitrogen and oxygen atoms in total. The highest BCUT2D eigenvalue weighted by Gasteiger charge is 2.36. The molecule has 0 aliphatic heterocycles. The zero-order chi connectivity index (χ0) is 10.9. The average Bonchev–Trinajstić information content (AvgIpc) is 2.02. The van der Waals surface area contributed by atoms with Crippen molar-refractivity contribution < 1.29 is 13.2 Å². The number of hydrogen-bond acceptors (Lipinski definition) is 1. The highest BCUT2D eigenvalue weighted by molar-refractivity contribution is 9.10. The molecule has 0 bridgehead atoms. The van der Waals surface area contributed by atoms with Gasteiger partial charge in [-0.05, 0) is 19.1 Å². The van der Waals surface area contributed by atoms with E-state index in [1.165, 1.54) is 12.1 Å². The van der Waals surface area contributed by atoms with Gasteiger partial charge in [0.1, 0.15) is 11.4 Å². The number of rotatable bonds is 2. The molecule has 1 unspecified atom stereocenters. The van der Waals surface area contributed by atoms with E-state index in [0.29, 0.717) is 0 Å². The molecule has 0 fully saturated rings. The lowest BCUT2D eigenvalue weighted by Crippen LogP contribution is -2.41. The van der Waals surface area contributed by atoms with Gasteiger partial charge < -0.3 is 5.73 Å². The van der Waals surface area contributed by atoms with Crippen molar-refractivity contribution >= 4 is 15.9 Å². The van der Waals surface area contributed by atoms with Gasteiger partial charge in [0.25, 0.3) is 6.43 Å². The van der Waals surface area contributed by atoms with Crippen LogP contribution in [0.4, 0.5) is 13.2 Å². The Hall–Kier alpha value is -0.550. The molecule has 0 aliphatic rings. The van der Waals surface area contributed by atoms with Gasteiger partial charge in [-0.3, -0.25) is 0 Å². The van der Waals surface area contributed by atoms with E-state index in [-0.39, 0.29) is 10.0 Å². The summed E-state index contributed by atoms with van der Waals surface area (Å²) in [6.07, 6.45) is -2.82. The van der Waals surface area contributed by atoms with Crippen LogP contribution in [-0.4, -0.2) is 6.43 Å². The molecule has 0 heterocycles. The molecule has 0 saturated carbocycles. The van der Waals surface area contributed by atoms with Crippen LogP contribution in [-0.2, 0) is 5.54 Å². The van der Waals surface area contributed by atoms with Crippen molar-refractivity contribution in [3.05, 3.63) is 34.1 Å². The topological polar surface area (TPSA) is 26.0 Å². The first-order valence-corrected chi connectivity index (χ1v) is 4.68. The number of nitrogens with two attached hydrogens (primary N) is 1. The fraction of sp³-hybridized carbons (Fsp3) is 0.333. The summed E-state index contributed by atoms with van der Waals surface area (Å²) in [6.45, 7) is 1.10. The van der Waals surface area contributed by atoms with Crippen LogP contribution < -0.4 is 5.73 Å². The Morgan fingerprint density at radius 3 is 2.43 bits per heavy atom. The fourth-order valence-electron chi connectivity index (χ4n) is 1.12. The van der Waals surface area contributed by atoms with Crippen molar-refractivity contribution in [2.45, 2.75) is 18.9 Å². The van der Waals surface area contributed by atoms with E-state index < -0.39 is 17.8 Å². The van der Waals surface area contributed by atoms with Crippen molar-refractivity contribution in [3.63, 3.8) is 0 Å². The van der Waals surface area contributed by atoms with Crippen LogP contribution >= 0.6 is 15.9 Å². The van der Waals surface area contributed by atoms with Gasteiger partial charge in [0, 0.05) is 10.0 Å². The van der Waals surface area contributed by atoms with Crippen LogP contribution in [0.5, 0.6) is 0 Å². The monoisotopic (exact) mass is 267 g/mol. The van der Waals surface area contributed by atoms with Gasteiger partial charge >= 0.3 is 0 Å². The molecule has 0 aromatic heterocycles. The normalized spacial score (nSPS) is 15.6. The van der Waals surface area contributed by atoms with Crippen LogP contribution in [0.3, 0.4) is 0 Å². The first-order chi connectivity index (χ1) is 6.37. The molecule has 1 atom stereocenters. The number of benzene rings is 1. The van der Waals surface area contributed by atoms with Gasteiger partial charge in [-0.15, -0.1) is 0 Å². The maximum Gasteiger partial charge on any atom is 0.260 e. The lowest BCUT2D eigenvalue weighted by atomic mass is 9.93. The minimum Gasteiger partial charge on any atom is -0.317 e. The summed E-state index contributed by atoms with van der Waals surface area (Å²) < 4.78 is 38.6. The van der Waals surface area contributed by atoms with Crippen molar-refractivity contribution in [2.75, 3.05) is 0 Å². The third-order valence-corrected chi connectivity index (χ3v) is 2.62. The molecular weight excluding hydrogens is 259 g/mol. The minimum absolute atomic E-state index is 0.199. The molecule has 1 aromatic rings. The lowest BCUT2D eigenvalue weighted by Gasteiger charge is -2.25. The smallest absolute Gasteiger partial charge is 0.260 e. The largest absolute Gasteiger partial charge is 0.317 e. The van der Waals surface area contributed by atoms with Crippen molar-refractivity contribution in [1.29, 1.82) is 0 Å². The zero-order valence-electron chi connectivity index (χ0n) is 7.40. The standard InChI is InChI=1S/C9H9BrF3N/c1-9(14,8(12)13)7-5(10)3-2-4-6(7)11/h2-4,8H,14H2,1H3. The van der Waals surface area contributed by atoms with Crippen molar-refractivity contribution in [2.24, 2.45) is 5.73 Å². The Morgan fingerprint density at radius 2 is 2.00 bits per heavy atom. The molecular formula is C9H9BrF3N. The molecule has 2 N–H and O–H groups in total. The maximum atomic E-state index is 13.3. The molecule has 0 aliphatic carbocycles. The summed E-state index contributed by atoms with van der Waals surface area (Å²) in [5, 5.41) is 0. The van der Waals surface area contributed by atoms with Crippen LogP contribution in [0.1, 0.15) is 12.5 Å². The summed E-state index contributed by atoms with van der Waals surface area (Å²) in [4.78, 5) is 0. The van der Waals surface area contributed by atoms with Crippen LogP contribution in [0.2, 0.25) is 0 Å². The maximum absolute atomic E-state index is 13.3. The SMILES string of the molecule is CC(N)(c1c(F)cccc1Br)C(F)F. The first-order valence-electron chi connectivity index (χ1n) is 3.89. The van der Waals surface area contributed by atoms with E-state index in [0.717, 1.165) is 13.0 Å². The van der Waals surface area contributed by atoms with Gasteiger partial charge in [0.2, 0.25) is 0 Å². The second-order valence-electron chi connectivity index (χ2n) is 3.18. The van der Waals surface area contributed by atoms with Gasteiger partial charge in [-0.2, -0.15) is 0 Å². The highest BCUT2D eigenvalue weighted by Crippen LogP contribution is 2.32. The third kappa shape index (κ3) is 1.93. The first kappa shape index (κ1) is 11.5. The summed E-state index contributed by atoms with van der Waals surface area (Å²) in [7, 11) is 0. The summed E-state index contributed by atoms with van der Waals surface area (Å²) in [5.74, 6) is -0.732. The summed E-state index contributed by atoms with van der Waals surface area (Å²) in [6, 6.07) is 4.00. The summed E-state index contributed by atoms with van der Waals surface area (Å²) >= 11 is 3.00. The Morgan fingerprint density at radius 1 is 1.43 bits per heavy atom. The molecule has 0 amide bonds. The van der Waals surface area contributed by atoms with E-state index >= 15 is 0 Å². The Labute approximate surface area is 88.2 Å². The van der Waals surface area contributed by atoms with Gasteiger partial charge in [0.05, 0.1) is 0 Å². The number of halogens is 4. The Bertz CT molecular complexity index is 319. The van der Waals surface area contributed by atoms with Gasteiger partial charge in [0.15, 0.2) is 0 Å². The molecule has 14 heavy (non-hydrogen) atoms. The summed E-state index contributed by atoms with van der Waals surface area (Å²) in [5.41, 5.74) is 3.18. The molecule has 5 heteroatoms. The minimum atomic E-state index is -2.82. The Kier molecular flexibility index (Phi) is 3.21. The average molecular weight is 268 g/mol. The van der Waals surface area contributed by atoms with E-state index in [1.54, 1.807) is 0 Å². The predicted molar refractivity (Wildman–Crippen MR) is 51.6 cm³/mol. The van der Waals surface area contributed by atoms with Crippen LogP contribution in [0.15, 0.2) is 22.7 Å². The van der Waals surface area contributed by atoms with E-state index in [4.69, 9.17) is 5.73 Å². The Balaban J connectivity index is 3.31. The van der Waals surface area contributed by atoms with Gasteiger partial charge in [-0.25, -0.2) is 13.2 Å². The molecule has 1 rings (SSSR count). The van der Waals surface area contributed by atoms with E-state index in [1.807, 2.05) is 0 Å². The lowest BCUT2D eigenvalue weighted by molar-refractivity contribution is 0.0600. The van der Waals surface area contributed by atoms with Crippen LogP contribution in [0.25, 0.3) is 0 Å². The molecule has 0 spiro atoms. The van der Waals surface area contributed by atoms with E-state index in [9.17, 15) is 13.2 Å². The number of hydrogen-bond donors (Lipinski definition) is 1. The zero-order valence-corrected chi connectivity index (χ0v) is 8.98. The molecule has 0 radical (unpaired) electrons. The van der Waals surface area contributed by atoms with Crippen molar-refractivity contribution in [1.82, 2.24) is 0 Å². The predicted octanol–water partition coefficient (Wildman–Crippen LogP) is 3.03. The molecule has 78 valence electrons. The van der Waals surface area contributed by atoms with Crippen LogP contribution in [0, 0.1) is 5.82 Å². The van der Waals surface area contributed by atoms with Gasteiger partial charge in [-0.1, -0.05) is 22.0 Å². The third-order valence-electron chi connectivity index (χ3n) is 1.95. The second-order valence-corrected chi connectivity index (χ2v) is 4.03.